The van der Waals surface area contributed by atoms with Crippen LogP contribution in [0.25, 0.3) is 0 Å². The molecule has 1 aromatic carbocycles. The molecule has 86 valence electrons. The Balaban J connectivity index is 1.84. The Bertz CT molecular complexity index is 414. The first-order valence-corrected chi connectivity index (χ1v) is 5.79. The average molecular weight is 221 g/mol. The molecule has 2 aliphatic heterocycles. The number of fused-ring (bicyclic) bond motifs is 1. The summed E-state index contributed by atoms with van der Waals surface area (Å²) in [5.74, 6) is 0.186. The Morgan fingerprint density at radius 3 is 2.69 bits per heavy atom. The van der Waals surface area contributed by atoms with Crippen LogP contribution in [0.1, 0.15) is 31.4 Å². The second-order valence-electron chi connectivity index (χ2n) is 5.37. The van der Waals surface area contributed by atoms with Gasteiger partial charge in [0.15, 0.2) is 0 Å². The summed E-state index contributed by atoms with van der Waals surface area (Å²) >= 11 is 0. The average Bonchev–Trinajstić information content (AvgIpc) is 2.71. The van der Waals surface area contributed by atoms with Gasteiger partial charge >= 0.3 is 0 Å². The molecule has 0 spiro atoms. The molecule has 2 bridgehead atoms. The van der Waals surface area contributed by atoms with E-state index in [0.29, 0.717) is 11.5 Å². The maximum atomic E-state index is 13.5. The van der Waals surface area contributed by atoms with Crippen molar-refractivity contribution in [2.24, 2.45) is 5.92 Å². The van der Waals surface area contributed by atoms with Gasteiger partial charge in [-0.1, -0.05) is 18.2 Å². The molecule has 0 amide bonds. The third-order valence-electron chi connectivity index (χ3n) is 4.01. The van der Waals surface area contributed by atoms with Crippen molar-refractivity contribution in [3.8, 4) is 0 Å². The van der Waals surface area contributed by atoms with Crippen LogP contribution in [-0.2, 0) is 0 Å². The molecule has 1 unspecified atom stereocenters. The molecule has 2 atom stereocenters. The van der Waals surface area contributed by atoms with E-state index >= 15 is 0 Å². The molecular weight excluding hydrogens is 205 g/mol. The summed E-state index contributed by atoms with van der Waals surface area (Å²) in [6, 6.07) is 6.50. The molecule has 1 saturated carbocycles. The summed E-state index contributed by atoms with van der Waals surface area (Å²) in [4.78, 5) is 0. The molecule has 2 nitrogen and oxygen atoms in total. The highest BCUT2D eigenvalue weighted by Gasteiger charge is 2.54. The van der Waals surface area contributed by atoms with Crippen molar-refractivity contribution in [2.45, 2.75) is 37.5 Å². The second kappa shape index (κ2) is 3.28. The Morgan fingerprint density at radius 1 is 1.44 bits per heavy atom. The normalized spacial score (nSPS) is 38.2. The van der Waals surface area contributed by atoms with Crippen LogP contribution in [0.3, 0.4) is 0 Å². The Hall–Kier alpha value is -0.930. The molecule has 2 heterocycles. The lowest BCUT2D eigenvalue weighted by molar-refractivity contribution is 0.118. The number of halogens is 1. The van der Waals surface area contributed by atoms with Gasteiger partial charge in [0.2, 0.25) is 0 Å². The molecule has 2 saturated heterocycles. The fourth-order valence-corrected chi connectivity index (χ4v) is 3.23. The highest BCUT2D eigenvalue weighted by molar-refractivity contribution is 5.24. The number of hydrogen-bond donors (Lipinski definition) is 2. The van der Waals surface area contributed by atoms with Gasteiger partial charge in [-0.3, -0.25) is 0 Å². The predicted molar refractivity (Wildman–Crippen MR) is 59.4 cm³/mol. The van der Waals surface area contributed by atoms with Gasteiger partial charge in [0.1, 0.15) is 5.82 Å². The van der Waals surface area contributed by atoms with Crippen LogP contribution in [0.4, 0.5) is 4.39 Å². The topological polar surface area (TPSA) is 32.3 Å². The van der Waals surface area contributed by atoms with Gasteiger partial charge in [-0.25, -0.2) is 4.39 Å². The van der Waals surface area contributed by atoms with E-state index in [0.717, 1.165) is 12.8 Å². The van der Waals surface area contributed by atoms with Crippen LogP contribution in [0, 0.1) is 11.7 Å². The monoisotopic (exact) mass is 221 g/mol. The van der Waals surface area contributed by atoms with Gasteiger partial charge in [-0.15, -0.1) is 0 Å². The van der Waals surface area contributed by atoms with Gasteiger partial charge in [-0.2, -0.15) is 0 Å². The van der Waals surface area contributed by atoms with E-state index in [2.05, 4.69) is 12.2 Å². The molecule has 2 N–H and O–H groups in total. The fraction of sp³-hybridized carbons (Fsp3) is 0.538. The van der Waals surface area contributed by atoms with Crippen LogP contribution in [0.2, 0.25) is 0 Å². The maximum Gasteiger partial charge on any atom is 0.129 e. The Kier molecular flexibility index (Phi) is 2.10. The van der Waals surface area contributed by atoms with Crippen molar-refractivity contribution in [3.05, 3.63) is 35.6 Å². The zero-order valence-electron chi connectivity index (χ0n) is 9.28. The minimum absolute atomic E-state index is 0.0156. The van der Waals surface area contributed by atoms with Crippen LogP contribution in [0.15, 0.2) is 24.3 Å². The number of hydrogen-bond acceptors (Lipinski definition) is 2. The van der Waals surface area contributed by atoms with Gasteiger partial charge in [-0.05, 0) is 31.7 Å². The second-order valence-corrected chi connectivity index (χ2v) is 5.37. The molecule has 0 aromatic heterocycles. The highest BCUT2D eigenvalue weighted by Crippen LogP contribution is 2.50. The predicted octanol–water partition coefficient (Wildman–Crippen LogP) is 2.00. The number of aliphatic hydroxyl groups excluding tert-OH is 1. The van der Waals surface area contributed by atoms with Crippen molar-refractivity contribution in [2.75, 3.05) is 0 Å². The Labute approximate surface area is 94.5 Å². The molecule has 0 radical (unpaired) electrons. The lowest BCUT2D eigenvalue weighted by Gasteiger charge is -2.33. The lowest BCUT2D eigenvalue weighted by Crippen LogP contribution is -2.40. The number of rotatable bonds is 2. The largest absolute Gasteiger partial charge is 0.387 e. The first-order chi connectivity index (χ1) is 7.59. The first-order valence-electron chi connectivity index (χ1n) is 5.79. The standard InChI is InChI=1S/C13H16FNO/c1-13-6-8(7-13)11(15-13)12(16)9-4-2-3-5-10(9)14/h2-5,8,11-12,15-16H,6-7H2,1H3/t8?,11?,12-,13?/m1/s1. The van der Waals surface area contributed by atoms with Gasteiger partial charge in [0.05, 0.1) is 6.10 Å². The fourth-order valence-electron chi connectivity index (χ4n) is 3.23. The van der Waals surface area contributed by atoms with Crippen molar-refractivity contribution < 1.29 is 9.50 Å². The van der Waals surface area contributed by atoms with Crippen LogP contribution in [-0.4, -0.2) is 16.7 Å². The van der Waals surface area contributed by atoms with E-state index in [1.165, 1.54) is 6.07 Å². The summed E-state index contributed by atoms with van der Waals surface area (Å²) in [5.41, 5.74) is 0.595. The van der Waals surface area contributed by atoms with E-state index in [9.17, 15) is 9.50 Å². The zero-order chi connectivity index (χ0) is 11.3. The molecule has 16 heavy (non-hydrogen) atoms. The van der Waals surface area contributed by atoms with E-state index in [1.807, 2.05) is 0 Å². The molecule has 3 fully saturated rings. The lowest BCUT2D eigenvalue weighted by atomic mass is 9.72. The van der Waals surface area contributed by atoms with Crippen LogP contribution >= 0.6 is 0 Å². The molecule has 4 rings (SSSR count). The maximum absolute atomic E-state index is 13.5. The minimum atomic E-state index is -0.726. The van der Waals surface area contributed by atoms with Crippen molar-refractivity contribution in [1.82, 2.24) is 5.32 Å². The van der Waals surface area contributed by atoms with Crippen LogP contribution in [0.5, 0.6) is 0 Å². The van der Waals surface area contributed by atoms with E-state index < -0.39 is 6.10 Å². The van der Waals surface area contributed by atoms with Crippen molar-refractivity contribution >= 4 is 0 Å². The minimum Gasteiger partial charge on any atom is -0.387 e. The van der Waals surface area contributed by atoms with Gasteiger partial charge in [0.25, 0.3) is 0 Å². The van der Waals surface area contributed by atoms with E-state index in [4.69, 9.17) is 0 Å². The quantitative estimate of drug-likeness (QED) is 0.800. The number of benzene rings is 1. The summed E-state index contributed by atoms with van der Waals surface area (Å²) in [6.07, 6.45) is 1.47. The SMILES string of the molecule is CC12CC(C1)C([C@H](O)c1ccccc1F)N2. The third kappa shape index (κ3) is 1.39. The number of aliphatic hydroxyl groups is 1. The highest BCUT2D eigenvalue weighted by atomic mass is 19.1. The van der Waals surface area contributed by atoms with Crippen molar-refractivity contribution in [3.63, 3.8) is 0 Å². The third-order valence-corrected chi connectivity index (χ3v) is 4.01. The summed E-state index contributed by atoms with van der Waals surface area (Å²) in [6.45, 7) is 2.16. The molecule has 1 aromatic rings. The van der Waals surface area contributed by atoms with Gasteiger partial charge < -0.3 is 10.4 Å². The number of nitrogens with one attached hydrogen (secondary N) is 1. The van der Waals surface area contributed by atoms with E-state index in [-0.39, 0.29) is 17.4 Å². The van der Waals surface area contributed by atoms with E-state index in [1.54, 1.807) is 18.2 Å². The van der Waals surface area contributed by atoms with Crippen molar-refractivity contribution in [1.29, 1.82) is 0 Å². The smallest absolute Gasteiger partial charge is 0.129 e. The molecule has 1 aliphatic carbocycles. The summed E-state index contributed by atoms with van der Waals surface area (Å²) in [5, 5.41) is 13.6. The molecule has 3 heteroatoms. The summed E-state index contributed by atoms with van der Waals surface area (Å²) < 4.78 is 13.5. The Morgan fingerprint density at radius 2 is 2.12 bits per heavy atom. The molecular formula is C13H16FNO. The van der Waals surface area contributed by atoms with Gasteiger partial charge in [0, 0.05) is 17.1 Å². The zero-order valence-corrected chi connectivity index (χ0v) is 9.28. The molecule has 3 aliphatic rings. The first kappa shape index (κ1) is 10.2. The summed E-state index contributed by atoms with van der Waals surface area (Å²) in [7, 11) is 0. The van der Waals surface area contributed by atoms with Crippen LogP contribution < -0.4 is 5.32 Å².